The first-order valence-corrected chi connectivity index (χ1v) is 13.6. The van der Waals surface area contributed by atoms with E-state index in [-0.39, 0.29) is 29.9 Å². The Bertz CT molecular complexity index is 1380. The Morgan fingerprint density at radius 3 is 2.14 bits per heavy atom. The second kappa shape index (κ2) is 15.6. The molecule has 1 heterocycles. The van der Waals surface area contributed by atoms with Crippen LogP contribution in [0.5, 0.6) is 0 Å². The van der Waals surface area contributed by atoms with Gasteiger partial charge < -0.3 is 31.5 Å². The second-order valence-corrected chi connectivity index (χ2v) is 9.92. The van der Waals surface area contributed by atoms with Crippen molar-refractivity contribution in [1.82, 2.24) is 26.3 Å². The molecule has 3 rings (SSSR count). The first-order chi connectivity index (χ1) is 20.1. The van der Waals surface area contributed by atoms with Crippen LogP contribution in [0.3, 0.4) is 0 Å². The van der Waals surface area contributed by atoms with Gasteiger partial charge in [-0.25, -0.2) is 14.6 Å². The normalized spacial score (nSPS) is 10.4. The quantitative estimate of drug-likeness (QED) is 0.128. The Kier molecular flexibility index (Phi) is 11.6. The van der Waals surface area contributed by atoms with E-state index in [1.54, 1.807) is 24.3 Å². The number of nitrogens with one attached hydrogen (secondary N) is 6. The van der Waals surface area contributed by atoms with Gasteiger partial charge in [0.1, 0.15) is 4.88 Å². The highest BCUT2D eigenvalue weighted by Gasteiger charge is 2.19. The van der Waals surface area contributed by atoms with Crippen LogP contribution >= 0.6 is 11.3 Å². The van der Waals surface area contributed by atoms with Gasteiger partial charge in [0.25, 0.3) is 5.91 Å². The molecule has 222 valence electrons. The fourth-order valence-electron chi connectivity index (χ4n) is 3.71. The lowest BCUT2D eigenvalue weighted by molar-refractivity contribution is -0.121. The van der Waals surface area contributed by atoms with E-state index in [0.29, 0.717) is 35.6 Å². The minimum Gasteiger partial charge on any atom is -0.465 e. The average molecular weight is 598 g/mol. The van der Waals surface area contributed by atoms with Gasteiger partial charge in [-0.15, -0.1) is 0 Å². The standard InChI is InChI=1S/C27H31N7O7S/c1-16(35)30-25-32-20(12-9-17-7-10-19(11-8-17)31-24(33-26(38)39)34-27(40)41)22(42-25)23(37)28-14-13-21(36)29-15-18-5-3-2-4-6-18/h2-8,10-11,24,31,33-34H,9,12-15H2,1H3,(H,28,37)(H,29,36)(H,38,39)(H,40,41)(H,30,32,35). The molecule has 2 aromatic carbocycles. The summed E-state index contributed by atoms with van der Waals surface area (Å²) in [4.78, 5) is 63.2. The number of aryl methyl sites for hydroxylation is 2. The zero-order valence-corrected chi connectivity index (χ0v) is 23.4. The number of thiazole rings is 1. The molecule has 8 N–H and O–H groups in total. The number of benzene rings is 2. The van der Waals surface area contributed by atoms with Gasteiger partial charge in [-0.05, 0) is 36.1 Å². The van der Waals surface area contributed by atoms with Gasteiger partial charge in [-0.1, -0.05) is 53.8 Å². The first kappa shape index (κ1) is 31.3. The Morgan fingerprint density at radius 1 is 0.857 bits per heavy atom. The SMILES string of the molecule is CC(=O)Nc1nc(CCc2ccc(NC(NC(=O)O)NC(=O)O)cc2)c(C(=O)NCCC(=O)NCc2ccccc2)s1. The lowest BCUT2D eigenvalue weighted by Crippen LogP contribution is -2.52. The molecule has 5 amide bonds. The van der Waals surface area contributed by atoms with Crippen LogP contribution in [0.2, 0.25) is 0 Å². The third-order valence-corrected chi connectivity index (χ3v) is 6.62. The van der Waals surface area contributed by atoms with Gasteiger partial charge >= 0.3 is 12.2 Å². The van der Waals surface area contributed by atoms with Crippen LogP contribution in [0.25, 0.3) is 0 Å². The van der Waals surface area contributed by atoms with E-state index >= 15 is 0 Å². The molecule has 0 spiro atoms. The summed E-state index contributed by atoms with van der Waals surface area (Å²) < 4.78 is 0. The molecule has 0 bridgehead atoms. The fraction of sp³-hybridized carbons (Fsp3) is 0.259. The van der Waals surface area contributed by atoms with Crippen LogP contribution in [0.4, 0.5) is 20.4 Å². The molecule has 0 aliphatic heterocycles. The number of aromatic nitrogens is 1. The Hall–Kier alpha value is -5.18. The highest BCUT2D eigenvalue weighted by atomic mass is 32.1. The van der Waals surface area contributed by atoms with E-state index in [4.69, 9.17) is 10.2 Å². The first-order valence-electron chi connectivity index (χ1n) is 12.8. The predicted molar refractivity (Wildman–Crippen MR) is 155 cm³/mol. The molecule has 1 aromatic heterocycles. The van der Waals surface area contributed by atoms with Crippen molar-refractivity contribution in [3.8, 4) is 0 Å². The minimum absolute atomic E-state index is 0.0937. The second-order valence-electron chi connectivity index (χ2n) is 8.92. The highest BCUT2D eigenvalue weighted by Crippen LogP contribution is 2.25. The molecule has 0 aliphatic rings. The summed E-state index contributed by atoms with van der Waals surface area (Å²) in [5.74, 6) is -0.935. The Morgan fingerprint density at radius 2 is 1.52 bits per heavy atom. The van der Waals surface area contributed by atoms with Crippen molar-refractivity contribution in [2.75, 3.05) is 17.2 Å². The van der Waals surface area contributed by atoms with E-state index in [2.05, 4.69) is 26.3 Å². The van der Waals surface area contributed by atoms with Crippen LogP contribution in [0, 0.1) is 0 Å². The molecule has 0 saturated heterocycles. The summed E-state index contributed by atoms with van der Waals surface area (Å²) in [5, 5.41) is 32.9. The zero-order valence-electron chi connectivity index (χ0n) is 22.6. The molecule has 0 aliphatic carbocycles. The van der Waals surface area contributed by atoms with Crippen molar-refractivity contribution in [2.24, 2.45) is 0 Å². The van der Waals surface area contributed by atoms with Crippen molar-refractivity contribution in [3.63, 3.8) is 0 Å². The maximum Gasteiger partial charge on any atom is 0.407 e. The monoisotopic (exact) mass is 597 g/mol. The van der Waals surface area contributed by atoms with Gasteiger partial charge in [0, 0.05) is 32.1 Å². The number of rotatable bonds is 14. The van der Waals surface area contributed by atoms with E-state index in [0.717, 1.165) is 22.5 Å². The van der Waals surface area contributed by atoms with E-state index in [9.17, 15) is 24.0 Å². The number of amides is 5. The van der Waals surface area contributed by atoms with Gasteiger partial charge in [-0.3, -0.25) is 25.0 Å². The van der Waals surface area contributed by atoms with E-state index in [1.807, 2.05) is 41.0 Å². The number of carbonyl (C=O) groups excluding carboxylic acids is 3. The largest absolute Gasteiger partial charge is 0.465 e. The molecule has 0 saturated carbocycles. The molecule has 0 radical (unpaired) electrons. The van der Waals surface area contributed by atoms with Gasteiger partial charge in [0.15, 0.2) is 11.4 Å². The minimum atomic E-state index is -1.41. The zero-order chi connectivity index (χ0) is 30.5. The number of carboxylic acid groups (broad SMARTS) is 2. The summed E-state index contributed by atoms with van der Waals surface area (Å²) in [6.07, 6.45) is -3.14. The van der Waals surface area contributed by atoms with Crippen molar-refractivity contribution >= 4 is 52.1 Å². The summed E-state index contributed by atoms with van der Waals surface area (Å²) >= 11 is 1.04. The number of hydrogen-bond acceptors (Lipinski definition) is 8. The van der Waals surface area contributed by atoms with Crippen molar-refractivity contribution in [1.29, 1.82) is 0 Å². The van der Waals surface area contributed by atoms with Crippen molar-refractivity contribution in [2.45, 2.75) is 39.0 Å². The predicted octanol–water partition coefficient (Wildman–Crippen LogP) is 2.55. The summed E-state index contributed by atoms with van der Waals surface area (Å²) in [6.45, 7) is 1.85. The average Bonchev–Trinajstić information content (AvgIpc) is 3.33. The summed E-state index contributed by atoms with van der Waals surface area (Å²) in [6, 6.07) is 16.3. The Balaban J connectivity index is 1.57. The third-order valence-electron chi connectivity index (χ3n) is 5.61. The van der Waals surface area contributed by atoms with Crippen molar-refractivity contribution < 1.29 is 34.2 Å². The number of nitrogens with zero attached hydrogens (tertiary/aromatic N) is 1. The third kappa shape index (κ3) is 10.8. The van der Waals surface area contributed by atoms with Gasteiger partial charge in [0.05, 0.1) is 5.69 Å². The van der Waals surface area contributed by atoms with Gasteiger partial charge in [0.2, 0.25) is 11.8 Å². The Labute approximate surface area is 244 Å². The molecule has 14 nitrogen and oxygen atoms in total. The molecular weight excluding hydrogens is 566 g/mol. The molecule has 0 fully saturated rings. The van der Waals surface area contributed by atoms with E-state index in [1.165, 1.54) is 6.92 Å². The van der Waals surface area contributed by atoms with Crippen molar-refractivity contribution in [3.05, 3.63) is 76.3 Å². The summed E-state index contributed by atoms with van der Waals surface area (Å²) in [5.41, 5.74) is 2.77. The molecule has 3 aromatic rings. The number of hydrogen-bond donors (Lipinski definition) is 8. The topological polar surface area (TPSA) is 211 Å². The lowest BCUT2D eigenvalue weighted by atomic mass is 10.1. The molecule has 0 atom stereocenters. The lowest BCUT2D eigenvalue weighted by Gasteiger charge is -2.19. The van der Waals surface area contributed by atoms with Crippen LogP contribution in [-0.2, 0) is 29.0 Å². The molecule has 15 heteroatoms. The number of anilines is 2. The summed E-state index contributed by atoms with van der Waals surface area (Å²) in [7, 11) is 0. The molecule has 42 heavy (non-hydrogen) atoms. The maximum absolute atomic E-state index is 12.9. The molecule has 0 unspecified atom stereocenters. The smallest absolute Gasteiger partial charge is 0.407 e. The van der Waals surface area contributed by atoms with Crippen LogP contribution in [0.1, 0.15) is 39.8 Å². The van der Waals surface area contributed by atoms with Crippen LogP contribution in [-0.4, -0.2) is 57.9 Å². The highest BCUT2D eigenvalue weighted by molar-refractivity contribution is 7.17. The van der Waals surface area contributed by atoms with Crippen LogP contribution in [0.15, 0.2) is 54.6 Å². The number of carbonyl (C=O) groups is 5. The van der Waals surface area contributed by atoms with Crippen LogP contribution < -0.4 is 31.9 Å². The maximum atomic E-state index is 12.9. The van der Waals surface area contributed by atoms with Gasteiger partial charge in [-0.2, -0.15) is 0 Å². The fourth-order valence-corrected chi connectivity index (χ4v) is 4.68. The molecular formula is C27H31N7O7S. The van der Waals surface area contributed by atoms with E-state index < -0.39 is 24.4 Å².